The van der Waals surface area contributed by atoms with Gasteiger partial charge in [-0.1, -0.05) is 32.9 Å². The van der Waals surface area contributed by atoms with E-state index in [1.807, 2.05) is 0 Å². The molecule has 1 aromatic carbocycles. The molecule has 2 heteroatoms. The Kier molecular flexibility index (Phi) is 4.87. The van der Waals surface area contributed by atoms with Gasteiger partial charge in [-0.3, -0.25) is 0 Å². The lowest BCUT2D eigenvalue weighted by Gasteiger charge is -2.42. The summed E-state index contributed by atoms with van der Waals surface area (Å²) in [5, 5.41) is 3.50. The molecule has 1 saturated carbocycles. The van der Waals surface area contributed by atoms with Crippen LogP contribution in [-0.2, 0) is 6.42 Å². The van der Waals surface area contributed by atoms with Crippen molar-refractivity contribution in [2.75, 3.05) is 6.54 Å². The van der Waals surface area contributed by atoms with Gasteiger partial charge >= 0.3 is 0 Å². The number of nitrogens with one attached hydrogen (secondary N) is 1. The Morgan fingerprint density at radius 3 is 2.68 bits per heavy atom. The molecule has 2 rings (SSSR count). The number of hydrogen-bond acceptors (Lipinski definition) is 2. The third-order valence-electron chi connectivity index (χ3n) is 4.04. The minimum Gasteiger partial charge on any atom is -0.487 e. The molecule has 106 valence electrons. The van der Waals surface area contributed by atoms with Gasteiger partial charge in [0.15, 0.2) is 0 Å². The highest BCUT2D eigenvalue weighted by molar-refractivity contribution is 5.29. The lowest BCUT2D eigenvalue weighted by Crippen LogP contribution is -2.45. The fraction of sp³-hybridized carbons (Fsp3) is 0.647. The van der Waals surface area contributed by atoms with Gasteiger partial charge in [0.25, 0.3) is 0 Å². The predicted octanol–water partition coefficient (Wildman–Crippen LogP) is 3.94. The zero-order valence-corrected chi connectivity index (χ0v) is 12.5. The van der Waals surface area contributed by atoms with Crippen LogP contribution in [0.2, 0.25) is 0 Å². The molecular formula is C17H27NO. The Hall–Kier alpha value is -1.02. The van der Waals surface area contributed by atoms with E-state index in [1.54, 1.807) is 0 Å². The highest BCUT2D eigenvalue weighted by Crippen LogP contribution is 2.39. The number of aryl methyl sites for hydroxylation is 1. The summed E-state index contributed by atoms with van der Waals surface area (Å²) in [6, 6.07) is 9.11. The highest BCUT2D eigenvalue weighted by atomic mass is 16.5. The van der Waals surface area contributed by atoms with Crippen LogP contribution in [0.15, 0.2) is 24.3 Å². The van der Waals surface area contributed by atoms with E-state index in [9.17, 15) is 0 Å². The van der Waals surface area contributed by atoms with Gasteiger partial charge in [-0.05, 0) is 56.3 Å². The zero-order chi connectivity index (χ0) is 13.7. The summed E-state index contributed by atoms with van der Waals surface area (Å²) >= 11 is 0. The van der Waals surface area contributed by atoms with Crippen molar-refractivity contribution in [1.82, 2.24) is 5.32 Å². The van der Waals surface area contributed by atoms with Crippen molar-refractivity contribution in [2.24, 2.45) is 0 Å². The second kappa shape index (κ2) is 6.42. The molecule has 1 fully saturated rings. The van der Waals surface area contributed by atoms with E-state index >= 15 is 0 Å². The summed E-state index contributed by atoms with van der Waals surface area (Å²) < 4.78 is 6.32. The van der Waals surface area contributed by atoms with Gasteiger partial charge in [0.05, 0.1) is 0 Å². The first-order valence-corrected chi connectivity index (χ1v) is 7.65. The summed E-state index contributed by atoms with van der Waals surface area (Å²) in [6.07, 6.45) is 5.88. The van der Waals surface area contributed by atoms with Crippen molar-refractivity contribution in [2.45, 2.75) is 64.5 Å². The van der Waals surface area contributed by atoms with Gasteiger partial charge in [0.1, 0.15) is 11.4 Å². The molecule has 0 amide bonds. The van der Waals surface area contributed by atoms with Gasteiger partial charge in [-0.15, -0.1) is 0 Å². The Balaban J connectivity index is 1.93. The fourth-order valence-electron chi connectivity index (χ4n) is 2.64. The SMILES string of the molecule is CCc1cccc(OC2(CCNC(C)C)CCC2)c1. The van der Waals surface area contributed by atoms with Gasteiger partial charge < -0.3 is 10.1 Å². The van der Waals surface area contributed by atoms with E-state index in [4.69, 9.17) is 4.74 Å². The van der Waals surface area contributed by atoms with Crippen molar-refractivity contribution in [3.8, 4) is 5.75 Å². The molecular weight excluding hydrogens is 234 g/mol. The Morgan fingerprint density at radius 1 is 1.32 bits per heavy atom. The molecule has 19 heavy (non-hydrogen) atoms. The summed E-state index contributed by atoms with van der Waals surface area (Å²) in [6.45, 7) is 7.62. The number of hydrogen-bond donors (Lipinski definition) is 1. The molecule has 0 radical (unpaired) electrons. The van der Waals surface area contributed by atoms with Crippen LogP contribution in [0.3, 0.4) is 0 Å². The van der Waals surface area contributed by atoms with E-state index in [0.717, 1.165) is 25.1 Å². The zero-order valence-electron chi connectivity index (χ0n) is 12.5. The maximum Gasteiger partial charge on any atom is 0.120 e. The predicted molar refractivity (Wildman–Crippen MR) is 80.8 cm³/mol. The average molecular weight is 261 g/mol. The second-order valence-corrected chi connectivity index (χ2v) is 6.00. The first kappa shape index (κ1) is 14.4. The van der Waals surface area contributed by atoms with Crippen LogP contribution in [-0.4, -0.2) is 18.2 Å². The van der Waals surface area contributed by atoms with E-state index in [-0.39, 0.29) is 5.60 Å². The van der Waals surface area contributed by atoms with E-state index in [1.165, 1.54) is 24.8 Å². The van der Waals surface area contributed by atoms with E-state index in [0.29, 0.717) is 6.04 Å². The highest BCUT2D eigenvalue weighted by Gasteiger charge is 2.38. The quantitative estimate of drug-likeness (QED) is 0.802. The van der Waals surface area contributed by atoms with Crippen LogP contribution in [0.5, 0.6) is 5.75 Å². The molecule has 0 saturated heterocycles. The standard InChI is InChI=1S/C17H27NO/c1-4-15-7-5-8-16(13-15)19-17(9-6-10-17)11-12-18-14(2)3/h5,7-8,13-14,18H,4,6,9-12H2,1-3H3. The van der Waals surface area contributed by atoms with Crippen LogP contribution in [0, 0.1) is 0 Å². The molecule has 0 atom stereocenters. The molecule has 1 aliphatic carbocycles. The Bertz CT molecular complexity index is 396. The van der Waals surface area contributed by atoms with Crippen molar-refractivity contribution in [3.63, 3.8) is 0 Å². The summed E-state index contributed by atoms with van der Waals surface area (Å²) in [5.74, 6) is 1.04. The van der Waals surface area contributed by atoms with E-state index < -0.39 is 0 Å². The normalized spacial score (nSPS) is 17.3. The molecule has 0 aromatic heterocycles. The third-order valence-corrected chi connectivity index (χ3v) is 4.04. The smallest absolute Gasteiger partial charge is 0.120 e. The average Bonchev–Trinajstić information content (AvgIpc) is 2.35. The molecule has 1 N–H and O–H groups in total. The summed E-state index contributed by atoms with van der Waals surface area (Å²) in [4.78, 5) is 0. The molecule has 0 heterocycles. The Labute approximate surface area is 117 Å². The maximum absolute atomic E-state index is 6.32. The van der Waals surface area contributed by atoms with Gasteiger partial charge in [0, 0.05) is 6.04 Å². The molecule has 2 nitrogen and oxygen atoms in total. The van der Waals surface area contributed by atoms with Crippen LogP contribution >= 0.6 is 0 Å². The Morgan fingerprint density at radius 2 is 2.11 bits per heavy atom. The van der Waals surface area contributed by atoms with Gasteiger partial charge in [-0.25, -0.2) is 0 Å². The monoisotopic (exact) mass is 261 g/mol. The molecule has 0 bridgehead atoms. The van der Waals surface area contributed by atoms with Gasteiger partial charge in [-0.2, -0.15) is 0 Å². The molecule has 0 spiro atoms. The van der Waals surface area contributed by atoms with Crippen LogP contribution < -0.4 is 10.1 Å². The first-order chi connectivity index (χ1) is 9.13. The van der Waals surface area contributed by atoms with Crippen LogP contribution in [0.1, 0.15) is 52.0 Å². The van der Waals surface area contributed by atoms with Crippen molar-refractivity contribution in [1.29, 1.82) is 0 Å². The summed E-state index contributed by atoms with van der Waals surface area (Å²) in [5.41, 5.74) is 1.45. The minimum absolute atomic E-state index is 0.0915. The number of rotatable bonds is 7. The number of ether oxygens (including phenoxy) is 1. The fourth-order valence-corrected chi connectivity index (χ4v) is 2.64. The van der Waals surface area contributed by atoms with Crippen molar-refractivity contribution < 1.29 is 4.74 Å². The third kappa shape index (κ3) is 3.97. The lowest BCUT2D eigenvalue weighted by atomic mass is 9.77. The molecule has 1 aromatic rings. The summed E-state index contributed by atoms with van der Waals surface area (Å²) in [7, 11) is 0. The minimum atomic E-state index is 0.0915. The van der Waals surface area contributed by atoms with E-state index in [2.05, 4.69) is 50.4 Å². The number of benzene rings is 1. The lowest BCUT2D eigenvalue weighted by molar-refractivity contribution is -0.0145. The van der Waals surface area contributed by atoms with Crippen LogP contribution in [0.25, 0.3) is 0 Å². The molecule has 1 aliphatic rings. The maximum atomic E-state index is 6.32. The van der Waals surface area contributed by atoms with Gasteiger partial charge in [0.2, 0.25) is 0 Å². The topological polar surface area (TPSA) is 21.3 Å². The molecule has 0 aliphatic heterocycles. The van der Waals surface area contributed by atoms with Crippen molar-refractivity contribution in [3.05, 3.63) is 29.8 Å². The largest absolute Gasteiger partial charge is 0.487 e. The van der Waals surface area contributed by atoms with Crippen molar-refractivity contribution >= 4 is 0 Å². The van der Waals surface area contributed by atoms with Crippen LogP contribution in [0.4, 0.5) is 0 Å². The first-order valence-electron chi connectivity index (χ1n) is 7.65. The second-order valence-electron chi connectivity index (χ2n) is 6.00. The molecule has 0 unspecified atom stereocenters.